The predicted molar refractivity (Wildman–Crippen MR) is 144 cm³/mol. The molecule has 0 unspecified atom stereocenters. The molecule has 3 N–H and O–H groups in total. The summed E-state index contributed by atoms with van der Waals surface area (Å²) >= 11 is 5.83. The van der Waals surface area contributed by atoms with Gasteiger partial charge in [0, 0.05) is 34.9 Å². The molecule has 1 aliphatic heterocycles. The number of carbonyl (C=O) groups excluding carboxylic acids is 1. The third-order valence-corrected chi connectivity index (χ3v) is 8.58. The van der Waals surface area contributed by atoms with E-state index in [-0.39, 0.29) is 21.0 Å². The molecule has 0 bridgehead atoms. The Morgan fingerprint density at radius 1 is 0.757 bits per heavy atom. The normalized spacial score (nSPS) is 14.2. The van der Waals surface area contributed by atoms with E-state index in [4.69, 9.17) is 11.6 Å². The van der Waals surface area contributed by atoms with Gasteiger partial charge >= 0.3 is 0 Å². The molecule has 0 aliphatic carbocycles. The van der Waals surface area contributed by atoms with E-state index >= 15 is 0 Å². The zero-order valence-corrected chi connectivity index (χ0v) is 22.0. The maximum atomic E-state index is 12.8. The fourth-order valence-electron chi connectivity index (χ4n) is 3.63. The first-order valence-corrected chi connectivity index (χ1v) is 14.8. The average Bonchev–Trinajstić information content (AvgIpc) is 3.14. The lowest BCUT2D eigenvalue weighted by Gasteiger charge is -2.12. The standard InChI is InChI=1S/C25H25ClN4O5S2/c26-19-10-12-20(13-11-19)29-36(32,33)22-14-8-18(9-15-22)25(31)28-21-5-4-6-23(17-21)37(34,35)30-24-7-2-1-3-16-27-24/h4-6,8-15,17,29H,1-3,7,16H2,(H,27,30)(H,28,31). The van der Waals surface area contributed by atoms with Crippen LogP contribution in [0.5, 0.6) is 0 Å². The van der Waals surface area contributed by atoms with Crippen LogP contribution in [0.25, 0.3) is 0 Å². The van der Waals surface area contributed by atoms with Crippen molar-refractivity contribution in [3.8, 4) is 0 Å². The number of rotatable bonds is 7. The van der Waals surface area contributed by atoms with Gasteiger partial charge in [0.2, 0.25) is 0 Å². The number of nitrogens with one attached hydrogen (secondary N) is 3. The van der Waals surface area contributed by atoms with E-state index < -0.39 is 26.0 Å². The Morgan fingerprint density at radius 2 is 1.46 bits per heavy atom. The number of sulfonamides is 2. The van der Waals surface area contributed by atoms with Crippen LogP contribution in [0.2, 0.25) is 5.02 Å². The van der Waals surface area contributed by atoms with E-state index in [1.807, 2.05) is 0 Å². The molecule has 3 aromatic carbocycles. The first kappa shape index (κ1) is 26.6. The molecule has 1 aliphatic rings. The molecule has 1 heterocycles. The highest BCUT2D eigenvalue weighted by Crippen LogP contribution is 2.20. The lowest BCUT2D eigenvalue weighted by Crippen LogP contribution is -2.30. The van der Waals surface area contributed by atoms with E-state index in [0.717, 1.165) is 19.3 Å². The second kappa shape index (κ2) is 11.3. The van der Waals surface area contributed by atoms with Gasteiger partial charge in [0.25, 0.3) is 26.0 Å². The van der Waals surface area contributed by atoms with Gasteiger partial charge in [-0.1, -0.05) is 24.1 Å². The van der Waals surface area contributed by atoms with Gasteiger partial charge in [0.05, 0.1) is 9.79 Å². The Morgan fingerprint density at radius 3 is 2.19 bits per heavy atom. The van der Waals surface area contributed by atoms with Gasteiger partial charge < -0.3 is 5.32 Å². The van der Waals surface area contributed by atoms with Gasteiger partial charge in [0.15, 0.2) is 0 Å². The largest absolute Gasteiger partial charge is 0.322 e. The predicted octanol–water partition coefficient (Wildman–Crippen LogP) is 4.64. The van der Waals surface area contributed by atoms with Crippen LogP contribution in [0.1, 0.15) is 36.0 Å². The zero-order chi connectivity index (χ0) is 26.5. The van der Waals surface area contributed by atoms with Crippen LogP contribution in [0.15, 0.2) is 87.6 Å². The van der Waals surface area contributed by atoms with Crippen LogP contribution in [-0.2, 0) is 20.0 Å². The second-order valence-corrected chi connectivity index (χ2v) is 12.2. The summed E-state index contributed by atoms with van der Waals surface area (Å²) in [4.78, 5) is 17.0. The Kier molecular flexibility index (Phi) is 8.16. The van der Waals surface area contributed by atoms with Crippen LogP contribution < -0.4 is 14.8 Å². The number of halogens is 1. The molecule has 12 heteroatoms. The number of amides is 1. The van der Waals surface area contributed by atoms with E-state index in [2.05, 4.69) is 19.8 Å². The molecule has 37 heavy (non-hydrogen) atoms. The number of hydrogen-bond donors (Lipinski definition) is 3. The summed E-state index contributed by atoms with van der Waals surface area (Å²) in [5, 5.41) is 3.13. The minimum absolute atomic E-state index is 0.00744. The molecule has 0 saturated carbocycles. The number of hydrogen-bond acceptors (Lipinski definition) is 6. The fourth-order valence-corrected chi connectivity index (χ4v) is 5.95. The number of aliphatic imine (C=N–C) groups is 1. The molecule has 0 aromatic heterocycles. The maximum Gasteiger partial charge on any atom is 0.262 e. The molecule has 9 nitrogen and oxygen atoms in total. The number of amidine groups is 1. The van der Waals surface area contributed by atoms with Crippen molar-refractivity contribution >= 4 is 54.8 Å². The van der Waals surface area contributed by atoms with Gasteiger partial charge in [-0.15, -0.1) is 0 Å². The summed E-state index contributed by atoms with van der Waals surface area (Å²) in [5.74, 6) is -0.0854. The number of benzene rings is 3. The van der Waals surface area contributed by atoms with Gasteiger partial charge in [-0.3, -0.25) is 19.2 Å². The van der Waals surface area contributed by atoms with Gasteiger partial charge in [-0.2, -0.15) is 0 Å². The molecule has 0 radical (unpaired) electrons. The van der Waals surface area contributed by atoms with Crippen molar-refractivity contribution in [1.29, 1.82) is 0 Å². The third kappa shape index (κ3) is 7.09. The Hall–Kier alpha value is -3.41. The summed E-state index contributed by atoms with van der Waals surface area (Å²) in [6.45, 7) is 0.589. The van der Waals surface area contributed by atoms with Crippen LogP contribution in [-0.4, -0.2) is 35.1 Å². The molecular weight excluding hydrogens is 536 g/mol. The van der Waals surface area contributed by atoms with Crippen molar-refractivity contribution in [2.75, 3.05) is 16.6 Å². The first-order valence-electron chi connectivity index (χ1n) is 11.5. The quantitative estimate of drug-likeness (QED) is 0.387. The highest BCUT2D eigenvalue weighted by atomic mass is 35.5. The highest BCUT2D eigenvalue weighted by molar-refractivity contribution is 7.92. The molecule has 4 rings (SSSR count). The average molecular weight is 561 g/mol. The fraction of sp³-hybridized carbons (Fsp3) is 0.200. The minimum Gasteiger partial charge on any atom is -0.322 e. The number of carbonyl (C=O) groups is 1. The Labute approximate surface area is 221 Å². The highest BCUT2D eigenvalue weighted by Gasteiger charge is 2.19. The minimum atomic E-state index is -3.87. The van der Waals surface area contributed by atoms with Gasteiger partial charge in [0.1, 0.15) is 5.84 Å². The smallest absolute Gasteiger partial charge is 0.262 e. The van der Waals surface area contributed by atoms with Crippen molar-refractivity contribution in [3.63, 3.8) is 0 Å². The number of anilines is 2. The van der Waals surface area contributed by atoms with E-state index in [1.54, 1.807) is 18.2 Å². The van der Waals surface area contributed by atoms with Crippen molar-refractivity contribution in [1.82, 2.24) is 4.72 Å². The molecule has 1 amide bonds. The molecule has 3 aromatic rings. The van der Waals surface area contributed by atoms with Crippen LogP contribution in [0.3, 0.4) is 0 Å². The van der Waals surface area contributed by atoms with Gasteiger partial charge in [-0.05, 0) is 79.6 Å². The summed E-state index contributed by atoms with van der Waals surface area (Å²) in [6.07, 6.45) is 3.37. The Balaban J connectivity index is 1.44. The zero-order valence-electron chi connectivity index (χ0n) is 19.6. The first-order chi connectivity index (χ1) is 17.6. The summed E-state index contributed by atoms with van der Waals surface area (Å²) < 4.78 is 55.9. The number of nitrogens with zero attached hydrogens (tertiary/aromatic N) is 1. The lowest BCUT2D eigenvalue weighted by atomic mass is 10.2. The van der Waals surface area contributed by atoms with Crippen molar-refractivity contribution < 1.29 is 21.6 Å². The molecule has 0 saturated heterocycles. The van der Waals surface area contributed by atoms with E-state index in [0.29, 0.717) is 29.5 Å². The van der Waals surface area contributed by atoms with E-state index in [1.165, 1.54) is 54.6 Å². The SMILES string of the molecule is O=C(Nc1cccc(S(=O)(=O)NC2=NCCCCC2)c1)c1ccc(S(=O)(=O)Nc2ccc(Cl)cc2)cc1. The summed E-state index contributed by atoms with van der Waals surface area (Å²) in [7, 11) is -7.73. The van der Waals surface area contributed by atoms with Crippen molar-refractivity contribution in [3.05, 3.63) is 83.4 Å². The second-order valence-electron chi connectivity index (χ2n) is 8.36. The third-order valence-electron chi connectivity index (χ3n) is 5.55. The van der Waals surface area contributed by atoms with E-state index in [9.17, 15) is 21.6 Å². The molecule has 0 atom stereocenters. The molecule has 0 fully saturated rings. The molecular formula is C25H25ClN4O5S2. The monoisotopic (exact) mass is 560 g/mol. The summed E-state index contributed by atoms with van der Waals surface area (Å²) in [5.41, 5.74) is 0.822. The molecule has 194 valence electrons. The van der Waals surface area contributed by atoms with Crippen molar-refractivity contribution in [2.45, 2.75) is 35.5 Å². The summed E-state index contributed by atoms with van der Waals surface area (Å²) in [6, 6.07) is 17.4. The lowest BCUT2D eigenvalue weighted by molar-refractivity contribution is 0.102. The van der Waals surface area contributed by atoms with Crippen LogP contribution in [0, 0.1) is 0 Å². The Bertz CT molecular complexity index is 1520. The van der Waals surface area contributed by atoms with Crippen LogP contribution >= 0.6 is 11.6 Å². The van der Waals surface area contributed by atoms with Gasteiger partial charge in [-0.25, -0.2) is 16.8 Å². The molecule has 0 spiro atoms. The topological polar surface area (TPSA) is 134 Å². The van der Waals surface area contributed by atoms with Crippen LogP contribution in [0.4, 0.5) is 11.4 Å². The van der Waals surface area contributed by atoms with Crippen molar-refractivity contribution in [2.24, 2.45) is 4.99 Å². The maximum absolute atomic E-state index is 12.8.